The van der Waals surface area contributed by atoms with Crippen molar-refractivity contribution in [2.24, 2.45) is 5.92 Å². The summed E-state index contributed by atoms with van der Waals surface area (Å²) < 4.78 is 5.32. The molecule has 0 aliphatic heterocycles. The fourth-order valence-corrected chi connectivity index (χ4v) is 3.96. The minimum atomic E-state index is -0.518. The third kappa shape index (κ3) is 7.94. The first kappa shape index (κ1) is 24.8. The molecule has 2 amide bonds. The Balaban J connectivity index is 2.20. The summed E-state index contributed by atoms with van der Waals surface area (Å²) >= 11 is 1.49. The van der Waals surface area contributed by atoms with E-state index in [-0.39, 0.29) is 17.6 Å². The average molecular weight is 443 g/mol. The Morgan fingerprint density at radius 3 is 2.45 bits per heavy atom. The highest BCUT2D eigenvalue weighted by atomic mass is 32.2. The molecule has 1 atom stereocenters. The van der Waals surface area contributed by atoms with Gasteiger partial charge < -0.3 is 15.0 Å². The standard InChI is InChI=1S/C25H34N2O3S/c1-6-23(25(29)26-15-18(2)3)27(16-20-8-7-9-21(14-20)30-5)24(28)17-31-22-12-10-19(4)11-13-22/h7-14,18,23H,6,15-17H2,1-5H3,(H,26,29)/t23-/m1/s1. The van der Waals surface area contributed by atoms with Crippen LogP contribution in [-0.2, 0) is 16.1 Å². The first-order valence-corrected chi connectivity index (χ1v) is 11.7. The van der Waals surface area contributed by atoms with Gasteiger partial charge in [0.1, 0.15) is 11.8 Å². The monoisotopic (exact) mass is 442 g/mol. The number of carbonyl (C=O) groups excluding carboxylic acids is 2. The molecule has 0 fully saturated rings. The van der Waals surface area contributed by atoms with Gasteiger partial charge in [0.15, 0.2) is 0 Å². The van der Waals surface area contributed by atoms with Crippen LogP contribution >= 0.6 is 11.8 Å². The van der Waals surface area contributed by atoms with Gasteiger partial charge in [0, 0.05) is 18.0 Å². The van der Waals surface area contributed by atoms with Crippen molar-refractivity contribution in [3.63, 3.8) is 0 Å². The molecule has 0 saturated heterocycles. The first-order valence-electron chi connectivity index (χ1n) is 10.7. The SMILES string of the molecule is CC[C@H](C(=O)NCC(C)C)N(Cc1cccc(OC)c1)C(=O)CSc1ccc(C)cc1. The third-order valence-corrected chi connectivity index (χ3v) is 5.94. The highest BCUT2D eigenvalue weighted by Gasteiger charge is 2.28. The van der Waals surface area contributed by atoms with Gasteiger partial charge in [-0.15, -0.1) is 11.8 Å². The predicted octanol–water partition coefficient (Wildman–Crippen LogP) is 4.68. The van der Waals surface area contributed by atoms with Crippen LogP contribution in [0.5, 0.6) is 5.75 Å². The van der Waals surface area contributed by atoms with Crippen LogP contribution in [0, 0.1) is 12.8 Å². The summed E-state index contributed by atoms with van der Waals surface area (Å²) in [5.74, 6) is 1.20. The van der Waals surface area contributed by atoms with E-state index in [9.17, 15) is 9.59 Å². The summed E-state index contributed by atoms with van der Waals surface area (Å²) in [5.41, 5.74) is 2.12. The summed E-state index contributed by atoms with van der Waals surface area (Å²) in [5, 5.41) is 2.99. The molecule has 5 nitrogen and oxygen atoms in total. The number of aryl methyl sites for hydroxylation is 1. The van der Waals surface area contributed by atoms with Crippen LogP contribution in [0.25, 0.3) is 0 Å². The number of amides is 2. The van der Waals surface area contributed by atoms with Gasteiger partial charge in [0.25, 0.3) is 0 Å². The zero-order valence-corrected chi connectivity index (χ0v) is 20.0. The van der Waals surface area contributed by atoms with Gasteiger partial charge in [-0.25, -0.2) is 0 Å². The molecule has 168 valence electrons. The van der Waals surface area contributed by atoms with Crippen molar-refractivity contribution in [1.82, 2.24) is 10.2 Å². The Kier molecular flexibility index (Phi) is 9.92. The number of nitrogens with zero attached hydrogens (tertiary/aromatic N) is 1. The van der Waals surface area contributed by atoms with Gasteiger partial charge in [0.2, 0.25) is 11.8 Å². The molecule has 31 heavy (non-hydrogen) atoms. The largest absolute Gasteiger partial charge is 0.497 e. The second-order valence-electron chi connectivity index (χ2n) is 8.04. The van der Waals surface area contributed by atoms with E-state index in [0.717, 1.165) is 16.2 Å². The van der Waals surface area contributed by atoms with Gasteiger partial charge in [-0.3, -0.25) is 9.59 Å². The molecule has 0 bridgehead atoms. The van der Waals surface area contributed by atoms with E-state index in [1.807, 2.05) is 62.4 Å². The number of nitrogens with one attached hydrogen (secondary N) is 1. The smallest absolute Gasteiger partial charge is 0.242 e. The molecule has 0 saturated carbocycles. The van der Waals surface area contributed by atoms with Crippen LogP contribution in [0.4, 0.5) is 0 Å². The molecular weight excluding hydrogens is 408 g/mol. The topological polar surface area (TPSA) is 58.6 Å². The van der Waals surface area contributed by atoms with E-state index in [0.29, 0.717) is 25.4 Å². The van der Waals surface area contributed by atoms with Gasteiger partial charge in [-0.05, 0) is 49.1 Å². The van der Waals surface area contributed by atoms with Crippen LogP contribution < -0.4 is 10.1 Å². The van der Waals surface area contributed by atoms with Gasteiger partial charge in [-0.2, -0.15) is 0 Å². The number of hydrogen-bond donors (Lipinski definition) is 1. The van der Waals surface area contributed by atoms with E-state index < -0.39 is 6.04 Å². The van der Waals surface area contributed by atoms with Crippen molar-refractivity contribution in [2.45, 2.75) is 51.6 Å². The zero-order valence-electron chi connectivity index (χ0n) is 19.2. The molecule has 0 spiro atoms. The maximum Gasteiger partial charge on any atom is 0.242 e. The van der Waals surface area contributed by atoms with Crippen LogP contribution in [0.15, 0.2) is 53.4 Å². The Morgan fingerprint density at radius 1 is 1.13 bits per heavy atom. The quantitative estimate of drug-likeness (QED) is 0.514. The maximum absolute atomic E-state index is 13.3. The van der Waals surface area contributed by atoms with Gasteiger partial charge >= 0.3 is 0 Å². The van der Waals surface area contributed by atoms with E-state index in [1.54, 1.807) is 12.0 Å². The highest BCUT2D eigenvalue weighted by molar-refractivity contribution is 8.00. The van der Waals surface area contributed by atoms with Crippen LogP contribution in [-0.4, -0.2) is 42.2 Å². The number of hydrogen-bond acceptors (Lipinski definition) is 4. The Morgan fingerprint density at radius 2 is 1.84 bits per heavy atom. The number of methoxy groups -OCH3 is 1. The molecule has 0 radical (unpaired) electrons. The molecule has 2 rings (SSSR count). The molecule has 2 aromatic rings. The number of thioether (sulfide) groups is 1. The van der Waals surface area contributed by atoms with Gasteiger partial charge in [0.05, 0.1) is 12.9 Å². The molecular formula is C25H34N2O3S. The van der Waals surface area contributed by atoms with E-state index in [2.05, 4.69) is 19.2 Å². The molecule has 0 unspecified atom stereocenters. The molecule has 0 aromatic heterocycles. The fraction of sp³-hybridized carbons (Fsp3) is 0.440. The number of benzene rings is 2. The first-order chi connectivity index (χ1) is 14.8. The summed E-state index contributed by atoms with van der Waals surface area (Å²) in [7, 11) is 1.62. The second-order valence-corrected chi connectivity index (χ2v) is 9.09. The van der Waals surface area contributed by atoms with Gasteiger partial charge in [-0.1, -0.05) is 50.6 Å². The maximum atomic E-state index is 13.3. The van der Waals surface area contributed by atoms with Crippen molar-refractivity contribution in [3.8, 4) is 5.75 Å². The van der Waals surface area contributed by atoms with Crippen LogP contribution in [0.3, 0.4) is 0 Å². The normalized spacial score (nSPS) is 11.8. The molecule has 1 N–H and O–H groups in total. The van der Waals surface area contributed by atoms with Crippen molar-refractivity contribution in [2.75, 3.05) is 19.4 Å². The minimum absolute atomic E-state index is 0.0556. The fourth-order valence-electron chi connectivity index (χ4n) is 3.17. The highest BCUT2D eigenvalue weighted by Crippen LogP contribution is 2.22. The third-order valence-electron chi connectivity index (χ3n) is 4.94. The number of ether oxygens (including phenoxy) is 1. The van der Waals surface area contributed by atoms with Crippen molar-refractivity contribution < 1.29 is 14.3 Å². The van der Waals surface area contributed by atoms with Crippen LogP contribution in [0.2, 0.25) is 0 Å². The molecule has 0 aliphatic carbocycles. The second kappa shape index (κ2) is 12.4. The lowest BCUT2D eigenvalue weighted by atomic mass is 10.1. The zero-order chi connectivity index (χ0) is 22.8. The molecule has 0 heterocycles. The van der Waals surface area contributed by atoms with E-state index in [4.69, 9.17) is 4.74 Å². The van der Waals surface area contributed by atoms with E-state index in [1.165, 1.54) is 17.3 Å². The Labute approximate surface area is 190 Å². The number of rotatable bonds is 11. The predicted molar refractivity (Wildman–Crippen MR) is 127 cm³/mol. The van der Waals surface area contributed by atoms with Crippen molar-refractivity contribution in [3.05, 3.63) is 59.7 Å². The molecule has 6 heteroatoms. The summed E-state index contributed by atoms with van der Waals surface area (Å²) in [4.78, 5) is 28.9. The summed E-state index contributed by atoms with van der Waals surface area (Å²) in [6.45, 7) is 9.04. The number of carbonyl (C=O) groups is 2. The Hall–Kier alpha value is -2.47. The molecule has 0 aliphatic rings. The lowest BCUT2D eigenvalue weighted by Crippen LogP contribution is -2.50. The van der Waals surface area contributed by atoms with Crippen molar-refractivity contribution in [1.29, 1.82) is 0 Å². The molecule has 2 aromatic carbocycles. The average Bonchev–Trinajstić information content (AvgIpc) is 2.77. The minimum Gasteiger partial charge on any atom is -0.497 e. The van der Waals surface area contributed by atoms with Crippen molar-refractivity contribution >= 4 is 23.6 Å². The summed E-state index contributed by atoms with van der Waals surface area (Å²) in [6, 6.07) is 15.2. The van der Waals surface area contributed by atoms with Crippen LogP contribution in [0.1, 0.15) is 38.3 Å². The van der Waals surface area contributed by atoms with E-state index >= 15 is 0 Å². The lowest BCUT2D eigenvalue weighted by Gasteiger charge is -2.31. The summed E-state index contributed by atoms with van der Waals surface area (Å²) in [6.07, 6.45) is 0.550. The Bertz CT molecular complexity index is 852. The lowest BCUT2D eigenvalue weighted by molar-refractivity contribution is -0.139.